The second-order valence-corrected chi connectivity index (χ2v) is 4.12. The van der Waals surface area contributed by atoms with Crippen molar-refractivity contribution in [2.45, 2.75) is 32.2 Å². The van der Waals surface area contributed by atoms with E-state index in [0.29, 0.717) is 18.4 Å². The monoisotopic (exact) mass is 182 g/mol. The second kappa shape index (κ2) is 3.66. The number of carbonyl (C=O) groups is 1. The average Bonchev–Trinajstić information content (AvgIpc) is 2.59. The van der Waals surface area contributed by atoms with E-state index < -0.39 is 0 Å². The molecule has 0 aromatic rings. The number of piperidine rings is 1. The molecule has 0 saturated carbocycles. The van der Waals surface area contributed by atoms with Gasteiger partial charge in [-0.2, -0.15) is 0 Å². The maximum Gasteiger partial charge on any atom is 0.222 e. The molecule has 1 amide bonds. The van der Waals surface area contributed by atoms with Gasteiger partial charge in [0.2, 0.25) is 5.91 Å². The Bertz CT molecular complexity index is 191. The lowest BCUT2D eigenvalue weighted by atomic mass is 9.94. The molecule has 2 unspecified atom stereocenters. The van der Waals surface area contributed by atoms with Crippen LogP contribution in [-0.4, -0.2) is 36.5 Å². The van der Waals surface area contributed by atoms with E-state index in [4.69, 9.17) is 0 Å². The van der Waals surface area contributed by atoms with Crippen molar-refractivity contribution in [3.8, 4) is 0 Å². The van der Waals surface area contributed by atoms with Crippen LogP contribution in [0.25, 0.3) is 0 Å². The third kappa shape index (κ3) is 1.70. The Morgan fingerprint density at radius 1 is 1.54 bits per heavy atom. The van der Waals surface area contributed by atoms with Crippen LogP contribution in [0.4, 0.5) is 0 Å². The fourth-order valence-electron chi connectivity index (χ4n) is 2.47. The van der Waals surface area contributed by atoms with E-state index in [1.165, 1.54) is 12.8 Å². The number of carbonyl (C=O) groups excluding carboxylic acids is 1. The molecule has 2 atom stereocenters. The number of amides is 1. The van der Waals surface area contributed by atoms with E-state index in [0.717, 1.165) is 25.6 Å². The van der Waals surface area contributed by atoms with Gasteiger partial charge in [0.15, 0.2) is 0 Å². The number of likely N-dealkylation sites (tertiary alicyclic amines) is 1. The SMILES string of the molecule is CCC(=O)N1CC2CCCNC2C1. The standard InChI is InChI=1S/C10H18N2O/c1-2-10(13)12-6-8-4-3-5-11-9(8)7-12/h8-9,11H,2-7H2,1H3. The summed E-state index contributed by atoms with van der Waals surface area (Å²) in [6.45, 7) is 5.01. The summed E-state index contributed by atoms with van der Waals surface area (Å²) in [5, 5.41) is 3.50. The van der Waals surface area contributed by atoms with Crippen molar-refractivity contribution in [3.63, 3.8) is 0 Å². The second-order valence-electron chi connectivity index (χ2n) is 4.12. The first kappa shape index (κ1) is 9.00. The van der Waals surface area contributed by atoms with Crippen molar-refractivity contribution >= 4 is 5.91 Å². The zero-order chi connectivity index (χ0) is 9.26. The van der Waals surface area contributed by atoms with Crippen LogP contribution in [0, 0.1) is 5.92 Å². The highest BCUT2D eigenvalue weighted by atomic mass is 16.2. The first-order chi connectivity index (χ1) is 6.31. The first-order valence-corrected chi connectivity index (χ1v) is 5.32. The number of rotatable bonds is 1. The topological polar surface area (TPSA) is 32.3 Å². The molecule has 2 heterocycles. The van der Waals surface area contributed by atoms with Gasteiger partial charge in [-0.25, -0.2) is 0 Å². The van der Waals surface area contributed by atoms with Crippen LogP contribution in [0.2, 0.25) is 0 Å². The Morgan fingerprint density at radius 3 is 3.08 bits per heavy atom. The molecule has 3 nitrogen and oxygen atoms in total. The summed E-state index contributed by atoms with van der Waals surface area (Å²) in [5.41, 5.74) is 0. The minimum absolute atomic E-state index is 0.316. The molecule has 2 rings (SSSR count). The highest BCUT2D eigenvalue weighted by Crippen LogP contribution is 2.24. The summed E-state index contributed by atoms with van der Waals surface area (Å²) >= 11 is 0. The molecule has 2 aliphatic rings. The van der Waals surface area contributed by atoms with E-state index in [1.807, 2.05) is 11.8 Å². The highest BCUT2D eigenvalue weighted by Gasteiger charge is 2.35. The molecule has 0 aromatic carbocycles. The number of fused-ring (bicyclic) bond motifs is 1. The molecule has 74 valence electrons. The fraction of sp³-hybridized carbons (Fsp3) is 0.900. The zero-order valence-corrected chi connectivity index (χ0v) is 8.25. The first-order valence-electron chi connectivity index (χ1n) is 5.32. The lowest BCUT2D eigenvalue weighted by Gasteiger charge is -2.24. The Morgan fingerprint density at radius 2 is 2.38 bits per heavy atom. The molecule has 2 fully saturated rings. The van der Waals surface area contributed by atoms with Crippen LogP contribution >= 0.6 is 0 Å². The predicted octanol–water partition coefficient (Wildman–Crippen LogP) is 0.607. The molecule has 0 aromatic heterocycles. The molecule has 13 heavy (non-hydrogen) atoms. The summed E-state index contributed by atoms with van der Waals surface area (Å²) in [5.74, 6) is 1.04. The van der Waals surface area contributed by atoms with Gasteiger partial charge in [-0.15, -0.1) is 0 Å². The van der Waals surface area contributed by atoms with Gasteiger partial charge in [-0.05, 0) is 25.3 Å². The van der Waals surface area contributed by atoms with Gasteiger partial charge in [0, 0.05) is 25.6 Å². The lowest BCUT2D eigenvalue weighted by molar-refractivity contribution is -0.129. The average molecular weight is 182 g/mol. The summed E-state index contributed by atoms with van der Waals surface area (Å²) in [6.07, 6.45) is 3.22. The van der Waals surface area contributed by atoms with Crippen molar-refractivity contribution in [2.75, 3.05) is 19.6 Å². The van der Waals surface area contributed by atoms with Crippen molar-refractivity contribution in [3.05, 3.63) is 0 Å². The molecule has 0 radical (unpaired) electrons. The molecular formula is C10H18N2O. The molecule has 2 saturated heterocycles. The van der Waals surface area contributed by atoms with Gasteiger partial charge in [0.1, 0.15) is 0 Å². The van der Waals surface area contributed by atoms with Gasteiger partial charge < -0.3 is 10.2 Å². The van der Waals surface area contributed by atoms with E-state index in [2.05, 4.69) is 5.32 Å². The molecular weight excluding hydrogens is 164 g/mol. The number of nitrogens with one attached hydrogen (secondary N) is 1. The maximum absolute atomic E-state index is 11.5. The molecule has 2 aliphatic heterocycles. The minimum atomic E-state index is 0.316. The van der Waals surface area contributed by atoms with Crippen LogP contribution in [0.5, 0.6) is 0 Å². The van der Waals surface area contributed by atoms with Crippen LogP contribution in [0.15, 0.2) is 0 Å². The highest BCUT2D eigenvalue weighted by molar-refractivity contribution is 5.76. The van der Waals surface area contributed by atoms with E-state index in [1.54, 1.807) is 0 Å². The molecule has 0 aliphatic carbocycles. The maximum atomic E-state index is 11.5. The van der Waals surface area contributed by atoms with E-state index >= 15 is 0 Å². The Labute approximate surface area is 79.5 Å². The normalized spacial score (nSPS) is 33.2. The van der Waals surface area contributed by atoms with Gasteiger partial charge in [0.25, 0.3) is 0 Å². The fourth-order valence-corrected chi connectivity index (χ4v) is 2.47. The lowest BCUT2D eigenvalue weighted by Crippen LogP contribution is -2.41. The summed E-state index contributed by atoms with van der Waals surface area (Å²) in [4.78, 5) is 13.5. The van der Waals surface area contributed by atoms with Gasteiger partial charge in [0.05, 0.1) is 0 Å². The quantitative estimate of drug-likeness (QED) is 0.644. The number of nitrogens with zero attached hydrogens (tertiary/aromatic N) is 1. The van der Waals surface area contributed by atoms with Crippen molar-refractivity contribution < 1.29 is 4.79 Å². The Kier molecular flexibility index (Phi) is 2.54. The van der Waals surface area contributed by atoms with Crippen molar-refractivity contribution in [1.29, 1.82) is 0 Å². The Balaban J connectivity index is 1.94. The zero-order valence-electron chi connectivity index (χ0n) is 8.25. The van der Waals surface area contributed by atoms with E-state index in [-0.39, 0.29) is 0 Å². The van der Waals surface area contributed by atoms with Crippen LogP contribution < -0.4 is 5.32 Å². The Hall–Kier alpha value is -0.570. The number of hydrogen-bond donors (Lipinski definition) is 1. The third-order valence-corrected chi connectivity index (χ3v) is 3.25. The van der Waals surface area contributed by atoms with E-state index in [9.17, 15) is 4.79 Å². The smallest absolute Gasteiger partial charge is 0.222 e. The summed E-state index contributed by atoms with van der Waals surface area (Å²) < 4.78 is 0. The number of hydrogen-bond acceptors (Lipinski definition) is 2. The van der Waals surface area contributed by atoms with Gasteiger partial charge in [-0.1, -0.05) is 6.92 Å². The molecule has 0 spiro atoms. The van der Waals surface area contributed by atoms with Gasteiger partial charge in [-0.3, -0.25) is 4.79 Å². The van der Waals surface area contributed by atoms with Gasteiger partial charge >= 0.3 is 0 Å². The van der Waals surface area contributed by atoms with Crippen molar-refractivity contribution in [1.82, 2.24) is 10.2 Å². The van der Waals surface area contributed by atoms with Crippen LogP contribution in [0.1, 0.15) is 26.2 Å². The van der Waals surface area contributed by atoms with Crippen molar-refractivity contribution in [2.24, 2.45) is 5.92 Å². The predicted molar refractivity (Wildman–Crippen MR) is 51.4 cm³/mol. The summed E-state index contributed by atoms with van der Waals surface area (Å²) in [7, 11) is 0. The third-order valence-electron chi connectivity index (χ3n) is 3.25. The largest absolute Gasteiger partial charge is 0.341 e. The summed E-state index contributed by atoms with van der Waals surface area (Å²) in [6, 6.07) is 0.587. The molecule has 1 N–H and O–H groups in total. The minimum Gasteiger partial charge on any atom is -0.341 e. The molecule has 3 heteroatoms. The van der Waals surface area contributed by atoms with Crippen LogP contribution in [0.3, 0.4) is 0 Å². The van der Waals surface area contributed by atoms with Crippen LogP contribution in [-0.2, 0) is 4.79 Å². The molecule has 0 bridgehead atoms.